The van der Waals surface area contributed by atoms with E-state index in [-0.39, 0.29) is 0 Å². The summed E-state index contributed by atoms with van der Waals surface area (Å²) in [6, 6.07) is 18.2. The van der Waals surface area contributed by atoms with Crippen molar-refractivity contribution in [1.82, 2.24) is 4.57 Å². The molecule has 94 valence electrons. The van der Waals surface area contributed by atoms with Gasteiger partial charge in [0.2, 0.25) is 0 Å². The van der Waals surface area contributed by atoms with E-state index in [1.54, 1.807) is 0 Å². The van der Waals surface area contributed by atoms with Gasteiger partial charge in [0.15, 0.2) is 0 Å². The highest BCUT2D eigenvalue weighted by Crippen LogP contribution is 2.32. The Kier molecular flexibility index (Phi) is 2.80. The van der Waals surface area contributed by atoms with E-state index < -0.39 is 0 Å². The number of aryl methyl sites for hydroxylation is 1. The van der Waals surface area contributed by atoms with Crippen LogP contribution in [0, 0.1) is 6.92 Å². The second kappa shape index (κ2) is 4.61. The summed E-state index contributed by atoms with van der Waals surface area (Å²) in [6.07, 6.45) is 1.44. The van der Waals surface area contributed by atoms with Gasteiger partial charge in [-0.05, 0) is 24.1 Å². The molecule has 1 aromatic heterocycles. The van der Waals surface area contributed by atoms with Crippen molar-refractivity contribution in [2.45, 2.75) is 6.92 Å². The van der Waals surface area contributed by atoms with E-state index in [1.807, 2.05) is 41.0 Å². The molecule has 1 N–H and O–H groups in total. The van der Waals surface area contributed by atoms with Crippen molar-refractivity contribution in [3.63, 3.8) is 0 Å². The predicted molar refractivity (Wildman–Crippen MR) is 77.8 cm³/mol. The molecule has 0 unspecified atom stereocenters. The minimum absolute atomic E-state index is 1.04. The van der Waals surface area contributed by atoms with Crippen molar-refractivity contribution in [3.05, 3.63) is 60.2 Å². The van der Waals surface area contributed by atoms with Crippen molar-refractivity contribution >= 4 is 17.2 Å². The van der Waals surface area contributed by atoms with Crippen LogP contribution in [0.1, 0.15) is 5.56 Å². The normalized spacial score (nSPS) is 11.4. The zero-order valence-electron chi connectivity index (χ0n) is 10.6. The third-order valence-corrected chi connectivity index (χ3v) is 3.38. The zero-order chi connectivity index (χ0) is 13.2. The largest absolute Gasteiger partial charge is 0.410 e. The zero-order valence-corrected chi connectivity index (χ0v) is 10.6. The molecule has 3 aromatic rings. The van der Waals surface area contributed by atoms with Crippen molar-refractivity contribution in [1.29, 1.82) is 0 Å². The van der Waals surface area contributed by atoms with E-state index in [0.29, 0.717) is 0 Å². The van der Waals surface area contributed by atoms with Gasteiger partial charge >= 0.3 is 0 Å². The van der Waals surface area contributed by atoms with Gasteiger partial charge in [0.05, 0.1) is 11.2 Å². The summed E-state index contributed by atoms with van der Waals surface area (Å²) in [7, 11) is 0. The van der Waals surface area contributed by atoms with E-state index in [2.05, 4.69) is 30.3 Å². The molecule has 19 heavy (non-hydrogen) atoms. The average Bonchev–Trinajstić information content (AvgIpc) is 2.74. The molecule has 1 heterocycles. The summed E-state index contributed by atoms with van der Waals surface area (Å²) >= 11 is 0. The Hall–Kier alpha value is -2.55. The number of para-hydroxylation sites is 1. The molecule has 0 fully saturated rings. The number of hydrogen-bond donors (Lipinski definition) is 1. The number of hydrogen-bond acceptors (Lipinski definition) is 2. The summed E-state index contributed by atoms with van der Waals surface area (Å²) in [4.78, 5) is 0. The first-order valence-electron chi connectivity index (χ1n) is 6.15. The van der Waals surface area contributed by atoms with Gasteiger partial charge in [-0.3, -0.25) is 4.57 Å². The van der Waals surface area contributed by atoms with E-state index in [4.69, 9.17) is 5.21 Å². The molecule has 0 amide bonds. The fourth-order valence-corrected chi connectivity index (χ4v) is 2.55. The standard InChI is InChI=1S/C16H14N2O/c1-12-14-9-5-6-10-15(14)18(11-17-19)16(12)13-7-3-2-4-8-13/h2-11,19H,1H3. The smallest absolute Gasteiger partial charge is 0.139 e. The molecular formula is C16H14N2O. The van der Waals surface area contributed by atoms with Gasteiger partial charge in [-0.15, -0.1) is 0 Å². The summed E-state index contributed by atoms with van der Waals surface area (Å²) in [5.74, 6) is 0. The van der Waals surface area contributed by atoms with Crippen LogP contribution < -0.4 is 0 Å². The van der Waals surface area contributed by atoms with E-state index >= 15 is 0 Å². The van der Waals surface area contributed by atoms with Crippen molar-refractivity contribution in [3.8, 4) is 11.3 Å². The van der Waals surface area contributed by atoms with Crippen LogP contribution in [0.25, 0.3) is 22.2 Å². The Morgan fingerprint density at radius 3 is 2.42 bits per heavy atom. The van der Waals surface area contributed by atoms with Gasteiger partial charge in [0, 0.05) is 5.39 Å². The molecule has 3 heteroatoms. The average molecular weight is 250 g/mol. The number of aromatic nitrogens is 1. The molecule has 0 aliphatic rings. The maximum atomic E-state index is 8.91. The molecule has 0 saturated heterocycles. The first-order valence-corrected chi connectivity index (χ1v) is 6.15. The second-order valence-electron chi connectivity index (χ2n) is 4.46. The van der Waals surface area contributed by atoms with Gasteiger partial charge in [-0.1, -0.05) is 53.7 Å². The summed E-state index contributed by atoms with van der Waals surface area (Å²) in [5.41, 5.74) is 4.38. The maximum absolute atomic E-state index is 8.91. The second-order valence-corrected chi connectivity index (χ2v) is 4.46. The molecule has 0 atom stereocenters. The van der Waals surface area contributed by atoms with Crippen LogP contribution in [0.3, 0.4) is 0 Å². The van der Waals surface area contributed by atoms with E-state index in [9.17, 15) is 0 Å². The lowest BCUT2D eigenvalue weighted by Gasteiger charge is -2.05. The monoisotopic (exact) mass is 250 g/mol. The predicted octanol–water partition coefficient (Wildman–Crippen LogP) is 3.88. The lowest BCUT2D eigenvalue weighted by atomic mass is 10.1. The first kappa shape index (κ1) is 11.5. The number of rotatable bonds is 2. The number of oxime groups is 1. The Bertz CT molecular complexity index is 742. The van der Waals surface area contributed by atoms with Crippen LogP contribution in [0.2, 0.25) is 0 Å². The van der Waals surface area contributed by atoms with Gasteiger partial charge in [-0.2, -0.15) is 0 Å². The Morgan fingerprint density at radius 2 is 1.68 bits per heavy atom. The highest BCUT2D eigenvalue weighted by atomic mass is 16.4. The Morgan fingerprint density at radius 1 is 1.00 bits per heavy atom. The third kappa shape index (κ3) is 1.80. The minimum atomic E-state index is 1.04. The third-order valence-electron chi connectivity index (χ3n) is 3.38. The fourth-order valence-electron chi connectivity index (χ4n) is 2.55. The van der Waals surface area contributed by atoms with Crippen LogP contribution in [-0.4, -0.2) is 16.1 Å². The molecule has 0 saturated carbocycles. The van der Waals surface area contributed by atoms with Crippen LogP contribution in [0.4, 0.5) is 0 Å². The molecule has 0 radical (unpaired) electrons. The molecule has 0 aliphatic carbocycles. The lowest BCUT2D eigenvalue weighted by molar-refractivity contribution is 0.320. The van der Waals surface area contributed by atoms with Crippen molar-refractivity contribution in [2.75, 3.05) is 0 Å². The van der Waals surface area contributed by atoms with Gasteiger partial charge in [0.1, 0.15) is 6.34 Å². The highest BCUT2D eigenvalue weighted by Gasteiger charge is 2.13. The van der Waals surface area contributed by atoms with Gasteiger partial charge < -0.3 is 5.21 Å². The minimum Gasteiger partial charge on any atom is -0.410 e. The Balaban J connectivity index is 2.41. The molecule has 0 spiro atoms. The quantitative estimate of drug-likeness (QED) is 0.318. The fraction of sp³-hybridized carbons (Fsp3) is 0.0625. The highest BCUT2D eigenvalue weighted by molar-refractivity contribution is 5.96. The molecule has 3 nitrogen and oxygen atoms in total. The van der Waals surface area contributed by atoms with Crippen molar-refractivity contribution < 1.29 is 5.21 Å². The molecule has 0 aliphatic heterocycles. The van der Waals surface area contributed by atoms with Crippen LogP contribution in [-0.2, 0) is 0 Å². The first-order chi connectivity index (χ1) is 9.33. The maximum Gasteiger partial charge on any atom is 0.139 e. The lowest BCUT2D eigenvalue weighted by Crippen LogP contribution is -1.98. The summed E-state index contributed by atoms with van der Waals surface area (Å²) < 4.78 is 1.92. The van der Waals surface area contributed by atoms with E-state index in [1.165, 1.54) is 17.3 Å². The van der Waals surface area contributed by atoms with Crippen molar-refractivity contribution in [2.24, 2.45) is 5.16 Å². The number of benzene rings is 2. The molecule has 3 rings (SSSR count). The van der Waals surface area contributed by atoms with Crippen LogP contribution in [0.5, 0.6) is 0 Å². The Labute approximate surface area is 111 Å². The van der Waals surface area contributed by atoms with Gasteiger partial charge in [-0.25, -0.2) is 0 Å². The van der Waals surface area contributed by atoms with Gasteiger partial charge in [0.25, 0.3) is 0 Å². The SMILES string of the molecule is Cc1c(-c2ccccc2)n(C=NO)c2ccccc12. The summed E-state index contributed by atoms with van der Waals surface area (Å²) in [6.45, 7) is 2.09. The number of fused-ring (bicyclic) bond motifs is 1. The molecule has 2 aromatic carbocycles. The van der Waals surface area contributed by atoms with Crippen LogP contribution in [0.15, 0.2) is 59.8 Å². The summed E-state index contributed by atoms with van der Waals surface area (Å²) in [5, 5.41) is 13.3. The molecular weight excluding hydrogens is 236 g/mol. The van der Waals surface area contributed by atoms with Crippen LogP contribution >= 0.6 is 0 Å². The topological polar surface area (TPSA) is 37.5 Å². The van der Waals surface area contributed by atoms with E-state index in [0.717, 1.165) is 16.8 Å². The molecule has 0 bridgehead atoms. The number of nitrogens with zero attached hydrogens (tertiary/aromatic N) is 2.